The molecule has 0 unspecified atom stereocenters. The van der Waals surface area contributed by atoms with Crippen molar-refractivity contribution in [2.75, 3.05) is 39.3 Å². The SMILES string of the molecule is Cc1cc(C(=O)N2CCN(C(=O)[C@@]34CCCC[C@H]3CNC4)CC2)c(C)o1. The molecule has 0 aromatic carbocycles. The molecule has 1 saturated carbocycles. The van der Waals surface area contributed by atoms with E-state index in [4.69, 9.17) is 4.42 Å². The van der Waals surface area contributed by atoms with Crippen molar-refractivity contribution in [3.63, 3.8) is 0 Å². The lowest BCUT2D eigenvalue weighted by atomic mass is 9.67. The number of piperazine rings is 1. The van der Waals surface area contributed by atoms with Crippen LogP contribution in [0.3, 0.4) is 0 Å². The number of rotatable bonds is 2. The van der Waals surface area contributed by atoms with Crippen LogP contribution in [0.5, 0.6) is 0 Å². The molecule has 1 aromatic rings. The second-order valence-electron chi connectivity index (χ2n) is 8.14. The summed E-state index contributed by atoms with van der Waals surface area (Å²) in [5, 5.41) is 3.46. The fourth-order valence-corrected chi connectivity index (χ4v) is 5.11. The lowest BCUT2D eigenvalue weighted by Gasteiger charge is -2.43. The highest BCUT2D eigenvalue weighted by atomic mass is 16.3. The highest BCUT2D eigenvalue weighted by Crippen LogP contribution is 2.45. The minimum atomic E-state index is -0.192. The summed E-state index contributed by atoms with van der Waals surface area (Å²) in [5.74, 6) is 2.25. The average molecular weight is 359 g/mol. The molecule has 6 nitrogen and oxygen atoms in total. The van der Waals surface area contributed by atoms with Crippen molar-refractivity contribution >= 4 is 11.8 Å². The largest absolute Gasteiger partial charge is 0.466 e. The predicted molar refractivity (Wildman–Crippen MR) is 97.9 cm³/mol. The summed E-state index contributed by atoms with van der Waals surface area (Å²) in [6, 6.07) is 1.81. The van der Waals surface area contributed by atoms with Crippen molar-refractivity contribution in [2.24, 2.45) is 11.3 Å². The lowest BCUT2D eigenvalue weighted by molar-refractivity contribution is -0.146. The van der Waals surface area contributed by atoms with E-state index in [1.54, 1.807) is 0 Å². The number of aryl methyl sites for hydroxylation is 2. The van der Waals surface area contributed by atoms with Crippen LogP contribution in [0.25, 0.3) is 0 Å². The molecule has 3 aliphatic rings. The fourth-order valence-electron chi connectivity index (χ4n) is 5.11. The normalized spacial score (nSPS) is 28.9. The van der Waals surface area contributed by atoms with Crippen LogP contribution in [-0.4, -0.2) is 60.9 Å². The smallest absolute Gasteiger partial charge is 0.257 e. The Bertz CT molecular complexity index is 705. The van der Waals surface area contributed by atoms with E-state index in [1.807, 2.05) is 29.7 Å². The molecule has 2 amide bonds. The monoisotopic (exact) mass is 359 g/mol. The molecule has 3 heterocycles. The molecule has 26 heavy (non-hydrogen) atoms. The number of hydrogen-bond acceptors (Lipinski definition) is 4. The van der Waals surface area contributed by atoms with E-state index in [0.29, 0.717) is 49.3 Å². The number of hydrogen-bond donors (Lipinski definition) is 1. The molecule has 1 N–H and O–H groups in total. The molecule has 1 aromatic heterocycles. The number of furan rings is 1. The zero-order valence-electron chi connectivity index (χ0n) is 15.8. The van der Waals surface area contributed by atoms with E-state index in [2.05, 4.69) is 5.32 Å². The Hall–Kier alpha value is -1.82. The van der Waals surface area contributed by atoms with Crippen molar-refractivity contribution in [3.8, 4) is 0 Å². The molecule has 142 valence electrons. The third-order valence-corrected chi connectivity index (χ3v) is 6.59. The van der Waals surface area contributed by atoms with Gasteiger partial charge in [-0.2, -0.15) is 0 Å². The topological polar surface area (TPSA) is 65.8 Å². The first-order valence-corrected chi connectivity index (χ1v) is 9.88. The van der Waals surface area contributed by atoms with Crippen LogP contribution in [-0.2, 0) is 4.79 Å². The van der Waals surface area contributed by atoms with Crippen molar-refractivity contribution in [1.82, 2.24) is 15.1 Å². The number of fused-ring (bicyclic) bond motifs is 1. The molecular weight excluding hydrogens is 330 g/mol. The van der Waals surface area contributed by atoms with E-state index in [9.17, 15) is 9.59 Å². The molecule has 3 fully saturated rings. The Morgan fingerprint density at radius 2 is 1.88 bits per heavy atom. The van der Waals surface area contributed by atoms with E-state index >= 15 is 0 Å². The van der Waals surface area contributed by atoms with Crippen molar-refractivity contribution < 1.29 is 14.0 Å². The Balaban J connectivity index is 1.41. The Morgan fingerprint density at radius 3 is 2.58 bits per heavy atom. The van der Waals surface area contributed by atoms with E-state index in [0.717, 1.165) is 38.1 Å². The summed E-state index contributed by atoms with van der Waals surface area (Å²) in [6.45, 7) is 7.95. The summed E-state index contributed by atoms with van der Waals surface area (Å²) < 4.78 is 5.49. The van der Waals surface area contributed by atoms with Gasteiger partial charge in [0.2, 0.25) is 5.91 Å². The average Bonchev–Trinajstić information content (AvgIpc) is 3.24. The number of nitrogens with zero attached hydrogens (tertiary/aromatic N) is 2. The molecule has 1 aliphatic carbocycles. The molecule has 2 aliphatic heterocycles. The zero-order chi connectivity index (χ0) is 18.3. The van der Waals surface area contributed by atoms with Crippen molar-refractivity contribution in [2.45, 2.75) is 39.5 Å². The van der Waals surface area contributed by atoms with Gasteiger partial charge in [-0.05, 0) is 45.2 Å². The molecule has 2 saturated heterocycles. The lowest BCUT2D eigenvalue weighted by Crippen LogP contribution is -2.56. The maximum absolute atomic E-state index is 13.3. The van der Waals surface area contributed by atoms with Gasteiger partial charge in [0.05, 0.1) is 11.0 Å². The van der Waals surface area contributed by atoms with Gasteiger partial charge < -0.3 is 19.5 Å². The van der Waals surface area contributed by atoms with Crippen LogP contribution < -0.4 is 5.32 Å². The summed E-state index contributed by atoms with van der Waals surface area (Å²) in [6.07, 6.45) is 4.57. The standard InChI is InChI=1S/C20H29N3O3/c1-14-11-17(15(2)26-14)18(24)22-7-9-23(10-8-22)19(25)20-6-4-3-5-16(20)12-21-13-20/h11,16,21H,3-10,12-13H2,1-2H3/t16-,20+/m0/s1. The number of carbonyl (C=O) groups excluding carboxylic acids is 2. The summed E-state index contributed by atoms with van der Waals surface area (Å²) in [5.41, 5.74) is 0.455. The highest BCUT2D eigenvalue weighted by molar-refractivity contribution is 5.95. The van der Waals surface area contributed by atoms with Crippen LogP contribution >= 0.6 is 0 Å². The summed E-state index contributed by atoms with van der Waals surface area (Å²) in [7, 11) is 0. The van der Waals surface area contributed by atoms with Crippen LogP contribution in [0, 0.1) is 25.2 Å². The van der Waals surface area contributed by atoms with Crippen LogP contribution in [0.2, 0.25) is 0 Å². The third kappa shape index (κ3) is 2.84. The first kappa shape index (κ1) is 17.6. The molecule has 6 heteroatoms. The van der Waals surface area contributed by atoms with Gasteiger partial charge in [0, 0.05) is 32.7 Å². The minimum absolute atomic E-state index is 0.0164. The van der Waals surface area contributed by atoms with Gasteiger partial charge >= 0.3 is 0 Å². The van der Waals surface area contributed by atoms with Gasteiger partial charge in [0.1, 0.15) is 11.5 Å². The van der Waals surface area contributed by atoms with Gasteiger partial charge in [0.15, 0.2) is 0 Å². The molecule has 0 spiro atoms. The molecule has 4 rings (SSSR count). The maximum Gasteiger partial charge on any atom is 0.257 e. The Kier molecular flexibility index (Phi) is 4.55. The third-order valence-electron chi connectivity index (χ3n) is 6.59. The first-order chi connectivity index (χ1) is 12.5. The first-order valence-electron chi connectivity index (χ1n) is 9.88. The molecule has 0 radical (unpaired) electrons. The van der Waals surface area contributed by atoms with Crippen LogP contribution in [0.15, 0.2) is 10.5 Å². The quantitative estimate of drug-likeness (QED) is 0.877. The van der Waals surface area contributed by atoms with Gasteiger partial charge in [-0.3, -0.25) is 9.59 Å². The predicted octanol–water partition coefficient (Wildman–Crippen LogP) is 1.96. The molecule has 2 atom stereocenters. The van der Waals surface area contributed by atoms with Gasteiger partial charge in [-0.1, -0.05) is 12.8 Å². The van der Waals surface area contributed by atoms with Gasteiger partial charge in [-0.25, -0.2) is 0 Å². The van der Waals surface area contributed by atoms with Crippen LogP contribution in [0.1, 0.15) is 47.6 Å². The van der Waals surface area contributed by atoms with Crippen molar-refractivity contribution in [3.05, 3.63) is 23.2 Å². The maximum atomic E-state index is 13.3. The second kappa shape index (κ2) is 6.72. The van der Waals surface area contributed by atoms with E-state index < -0.39 is 0 Å². The highest BCUT2D eigenvalue weighted by Gasteiger charge is 2.51. The van der Waals surface area contributed by atoms with Gasteiger partial charge in [0.25, 0.3) is 5.91 Å². The van der Waals surface area contributed by atoms with Gasteiger partial charge in [-0.15, -0.1) is 0 Å². The van der Waals surface area contributed by atoms with Crippen LogP contribution in [0.4, 0.5) is 0 Å². The fraction of sp³-hybridized carbons (Fsp3) is 0.700. The minimum Gasteiger partial charge on any atom is -0.466 e. The van der Waals surface area contributed by atoms with E-state index in [1.165, 1.54) is 6.42 Å². The number of nitrogens with one attached hydrogen (secondary N) is 1. The summed E-state index contributed by atoms with van der Waals surface area (Å²) >= 11 is 0. The zero-order valence-corrected chi connectivity index (χ0v) is 15.8. The second-order valence-corrected chi connectivity index (χ2v) is 8.14. The Labute approximate surface area is 154 Å². The number of amides is 2. The number of carbonyl (C=O) groups is 2. The Morgan fingerprint density at radius 1 is 1.15 bits per heavy atom. The summed E-state index contributed by atoms with van der Waals surface area (Å²) in [4.78, 5) is 29.9. The molecule has 0 bridgehead atoms. The van der Waals surface area contributed by atoms with Crippen molar-refractivity contribution in [1.29, 1.82) is 0 Å². The van der Waals surface area contributed by atoms with E-state index in [-0.39, 0.29) is 11.3 Å². The molecular formula is C20H29N3O3.